The van der Waals surface area contributed by atoms with Crippen molar-refractivity contribution in [1.29, 1.82) is 0 Å². The van der Waals surface area contributed by atoms with Crippen LogP contribution >= 0.6 is 0 Å². The molecule has 0 fully saturated rings. The highest BCUT2D eigenvalue weighted by Crippen LogP contribution is 2.25. The zero-order chi connectivity index (χ0) is 23.3. The number of anilines is 1. The van der Waals surface area contributed by atoms with E-state index in [1.54, 1.807) is 31.2 Å². The Hall–Kier alpha value is -3.99. The van der Waals surface area contributed by atoms with Crippen LogP contribution in [0, 0.1) is 17.0 Å². The van der Waals surface area contributed by atoms with Crippen LogP contribution < -0.4 is 5.32 Å². The fraction of sp³-hybridized carbons (Fsp3) is 0.143. The first-order valence-electron chi connectivity index (χ1n) is 9.23. The fourth-order valence-electron chi connectivity index (χ4n) is 2.83. The molecule has 10 nitrogen and oxygen atoms in total. The molecule has 1 amide bonds. The van der Waals surface area contributed by atoms with E-state index in [0.29, 0.717) is 5.56 Å². The lowest BCUT2D eigenvalue weighted by molar-refractivity contribution is -0.384. The standard InChI is InChI=1S/C21H18N2O8S/c1-14-7-8-17(18(11-14)23(26)27)22-19(24)12-31-21(25)20-15(9-10-30-20)13-32(28,29)16-5-3-2-4-6-16/h2-11H,12-13H2,1H3,(H,22,24). The van der Waals surface area contributed by atoms with Crippen molar-refractivity contribution in [2.75, 3.05) is 11.9 Å². The van der Waals surface area contributed by atoms with Gasteiger partial charge in [0.2, 0.25) is 5.76 Å². The first kappa shape index (κ1) is 22.7. The molecule has 0 bridgehead atoms. The molecular weight excluding hydrogens is 440 g/mol. The van der Waals surface area contributed by atoms with E-state index >= 15 is 0 Å². The second kappa shape index (κ2) is 9.43. The van der Waals surface area contributed by atoms with Crippen molar-refractivity contribution in [3.8, 4) is 0 Å². The smallest absolute Gasteiger partial charge is 0.375 e. The van der Waals surface area contributed by atoms with Crippen molar-refractivity contribution in [3.05, 3.63) is 87.9 Å². The van der Waals surface area contributed by atoms with Crippen LogP contribution in [-0.4, -0.2) is 31.8 Å². The molecule has 0 spiro atoms. The first-order valence-corrected chi connectivity index (χ1v) is 10.9. The number of nitro groups is 1. The van der Waals surface area contributed by atoms with Crippen LogP contribution in [0.25, 0.3) is 0 Å². The van der Waals surface area contributed by atoms with Gasteiger partial charge in [-0.25, -0.2) is 13.2 Å². The van der Waals surface area contributed by atoms with Crippen molar-refractivity contribution >= 4 is 33.1 Å². The van der Waals surface area contributed by atoms with Crippen LogP contribution in [0.2, 0.25) is 0 Å². The molecule has 11 heteroatoms. The van der Waals surface area contributed by atoms with E-state index < -0.39 is 39.0 Å². The SMILES string of the molecule is Cc1ccc(NC(=O)COC(=O)c2occc2CS(=O)(=O)c2ccccc2)c([N+](=O)[O-])c1. The topological polar surface area (TPSA) is 146 Å². The van der Waals surface area contributed by atoms with Crippen molar-refractivity contribution in [3.63, 3.8) is 0 Å². The quantitative estimate of drug-likeness (QED) is 0.307. The molecule has 0 atom stereocenters. The van der Waals surface area contributed by atoms with E-state index in [4.69, 9.17) is 9.15 Å². The van der Waals surface area contributed by atoms with E-state index in [-0.39, 0.29) is 27.6 Å². The van der Waals surface area contributed by atoms with Crippen LogP contribution in [0.4, 0.5) is 11.4 Å². The van der Waals surface area contributed by atoms with Crippen molar-refractivity contribution in [2.45, 2.75) is 17.6 Å². The third-order valence-corrected chi connectivity index (χ3v) is 6.02. The Balaban J connectivity index is 1.65. The normalized spacial score (nSPS) is 11.0. The predicted octanol–water partition coefficient (Wildman–Crippen LogP) is 3.27. The number of aryl methyl sites for hydroxylation is 1. The summed E-state index contributed by atoms with van der Waals surface area (Å²) < 4.78 is 35.0. The highest BCUT2D eigenvalue weighted by Gasteiger charge is 2.24. The fourth-order valence-corrected chi connectivity index (χ4v) is 4.20. The number of nitro benzene ring substituents is 1. The Kier molecular flexibility index (Phi) is 6.69. The summed E-state index contributed by atoms with van der Waals surface area (Å²) in [6, 6.07) is 13.3. The number of furan rings is 1. The number of carbonyl (C=O) groups is 2. The molecule has 0 saturated carbocycles. The number of benzene rings is 2. The zero-order valence-corrected chi connectivity index (χ0v) is 17.6. The van der Waals surface area contributed by atoms with Crippen LogP contribution in [0.1, 0.15) is 21.7 Å². The summed E-state index contributed by atoms with van der Waals surface area (Å²) in [6.45, 7) is 0.911. The minimum absolute atomic E-state index is 0.0470. The number of sulfone groups is 1. The molecule has 3 rings (SSSR count). The van der Waals surface area contributed by atoms with Gasteiger partial charge in [-0.3, -0.25) is 14.9 Å². The van der Waals surface area contributed by atoms with E-state index in [1.165, 1.54) is 30.3 Å². The molecule has 1 N–H and O–H groups in total. The lowest BCUT2D eigenvalue weighted by atomic mass is 10.2. The van der Waals surface area contributed by atoms with E-state index in [2.05, 4.69) is 5.32 Å². The van der Waals surface area contributed by atoms with Crippen molar-refractivity contribution in [2.24, 2.45) is 0 Å². The Morgan fingerprint density at radius 1 is 1.12 bits per heavy atom. The maximum absolute atomic E-state index is 12.5. The third kappa shape index (κ3) is 5.38. The molecule has 3 aromatic rings. The predicted molar refractivity (Wildman–Crippen MR) is 113 cm³/mol. The van der Waals surface area contributed by atoms with E-state index in [0.717, 1.165) is 6.26 Å². The van der Waals surface area contributed by atoms with Crippen LogP contribution in [-0.2, 0) is 25.1 Å². The summed E-state index contributed by atoms with van der Waals surface area (Å²) in [5.41, 5.74) is 0.365. The number of hydrogen-bond donors (Lipinski definition) is 1. The van der Waals surface area contributed by atoms with Gasteiger partial charge in [-0.2, -0.15) is 0 Å². The molecule has 0 radical (unpaired) electrons. The van der Waals surface area contributed by atoms with Gasteiger partial charge < -0.3 is 14.5 Å². The number of hydrogen-bond acceptors (Lipinski definition) is 8. The van der Waals surface area contributed by atoms with Gasteiger partial charge in [-0.15, -0.1) is 0 Å². The van der Waals surface area contributed by atoms with Crippen molar-refractivity contribution < 1.29 is 32.1 Å². The second-order valence-electron chi connectivity index (χ2n) is 6.75. The molecule has 0 aliphatic heterocycles. The monoisotopic (exact) mass is 458 g/mol. The molecule has 0 unspecified atom stereocenters. The lowest BCUT2D eigenvalue weighted by Gasteiger charge is -2.08. The largest absolute Gasteiger partial charge is 0.457 e. The number of ether oxygens (including phenoxy) is 1. The average Bonchev–Trinajstić information content (AvgIpc) is 3.21. The molecule has 32 heavy (non-hydrogen) atoms. The van der Waals surface area contributed by atoms with Crippen molar-refractivity contribution in [1.82, 2.24) is 0 Å². The number of nitrogens with one attached hydrogen (secondary N) is 1. The van der Waals surface area contributed by atoms with E-state index in [1.807, 2.05) is 0 Å². The van der Waals surface area contributed by atoms with Crippen LogP contribution in [0.5, 0.6) is 0 Å². The molecule has 2 aromatic carbocycles. The molecule has 0 aliphatic carbocycles. The van der Waals surface area contributed by atoms with Crippen LogP contribution in [0.3, 0.4) is 0 Å². The Morgan fingerprint density at radius 2 is 1.84 bits per heavy atom. The van der Waals surface area contributed by atoms with Gasteiger partial charge in [0.25, 0.3) is 11.6 Å². The number of nitrogens with zero attached hydrogens (tertiary/aromatic N) is 1. The molecule has 1 heterocycles. The summed E-state index contributed by atoms with van der Waals surface area (Å²) in [4.78, 5) is 35.0. The van der Waals surface area contributed by atoms with Gasteiger partial charge in [0.15, 0.2) is 16.4 Å². The number of carbonyl (C=O) groups excluding carboxylic acids is 2. The summed E-state index contributed by atoms with van der Waals surface area (Å²) in [5, 5.41) is 13.4. The highest BCUT2D eigenvalue weighted by atomic mass is 32.2. The Morgan fingerprint density at radius 3 is 2.53 bits per heavy atom. The number of rotatable bonds is 8. The summed E-state index contributed by atoms with van der Waals surface area (Å²) in [6.07, 6.45) is 1.14. The molecule has 1 aromatic heterocycles. The summed E-state index contributed by atoms with van der Waals surface area (Å²) >= 11 is 0. The molecular formula is C21H18N2O8S. The Labute approximate surface area is 182 Å². The molecule has 0 aliphatic rings. The Bertz CT molecular complexity index is 1270. The lowest BCUT2D eigenvalue weighted by Crippen LogP contribution is -2.22. The average molecular weight is 458 g/mol. The highest BCUT2D eigenvalue weighted by molar-refractivity contribution is 7.90. The summed E-state index contributed by atoms with van der Waals surface area (Å²) in [5.74, 6) is -2.70. The van der Waals surface area contributed by atoms with E-state index in [9.17, 15) is 28.1 Å². The molecule has 0 saturated heterocycles. The first-order chi connectivity index (χ1) is 15.2. The maximum atomic E-state index is 12.5. The number of esters is 1. The minimum Gasteiger partial charge on any atom is -0.457 e. The van der Waals surface area contributed by atoms with Gasteiger partial charge in [0.1, 0.15) is 5.69 Å². The number of amides is 1. The van der Waals surface area contributed by atoms with Crippen LogP contribution in [0.15, 0.2) is 70.2 Å². The minimum atomic E-state index is -3.74. The maximum Gasteiger partial charge on any atom is 0.375 e. The van der Waals surface area contributed by atoms with Gasteiger partial charge in [0.05, 0.1) is 21.8 Å². The second-order valence-corrected chi connectivity index (χ2v) is 8.74. The van der Waals surface area contributed by atoms with Gasteiger partial charge in [-0.1, -0.05) is 24.3 Å². The van der Waals surface area contributed by atoms with Gasteiger partial charge in [-0.05, 0) is 36.8 Å². The summed E-state index contributed by atoms with van der Waals surface area (Å²) in [7, 11) is -3.74. The zero-order valence-electron chi connectivity index (χ0n) is 16.8. The third-order valence-electron chi connectivity index (χ3n) is 4.34. The van der Waals surface area contributed by atoms with Gasteiger partial charge >= 0.3 is 5.97 Å². The molecule has 166 valence electrons. The van der Waals surface area contributed by atoms with Gasteiger partial charge in [0, 0.05) is 11.6 Å².